The summed E-state index contributed by atoms with van der Waals surface area (Å²) in [4.78, 5) is 16.4. The Hall–Kier alpha value is -3.61. The van der Waals surface area contributed by atoms with Crippen LogP contribution in [0.3, 0.4) is 0 Å². The third-order valence-electron chi connectivity index (χ3n) is 4.03. The first-order chi connectivity index (χ1) is 13.6. The van der Waals surface area contributed by atoms with Crippen LogP contribution >= 0.6 is 0 Å². The van der Waals surface area contributed by atoms with Crippen LogP contribution in [0.25, 0.3) is 0 Å². The number of amides is 1. The zero-order valence-electron chi connectivity index (χ0n) is 15.5. The molecule has 3 rings (SSSR count). The first-order valence-electron chi connectivity index (χ1n) is 8.57. The Balaban J connectivity index is 1.64. The van der Waals surface area contributed by atoms with Gasteiger partial charge in [-0.1, -0.05) is 18.2 Å². The van der Waals surface area contributed by atoms with E-state index in [1.807, 2.05) is 12.1 Å². The van der Waals surface area contributed by atoms with E-state index in [2.05, 4.69) is 15.6 Å². The van der Waals surface area contributed by atoms with Gasteiger partial charge in [-0.05, 0) is 35.9 Å². The monoisotopic (exact) mass is 381 g/mol. The van der Waals surface area contributed by atoms with Crippen molar-refractivity contribution >= 4 is 23.1 Å². The minimum atomic E-state index is -0.399. The van der Waals surface area contributed by atoms with Crippen molar-refractivity contribution in [3.8, 4) is 11.5 Å². The van der Waals surface area contributed by atoms with Crippen LogP contribution in [0.15, 0.2) is 60.8 Å². The van der Waals surface area contributed by atoms with Gasteiger partial charge in [0.2, 0.25) is 5.91 Å². The van der Waals surface area contributed by atoms with Gasteiger partial charge in [-0.15, -0.1) is 0 Å². The fourth-order valence-corrected chi connectivity index (χ4v) is 2.60. The Bertz CT molecular complexity index is 961. The van der Waals surface area contributed by atoms with Gasteiger partial charge in [0, 0.05) is 6.07 Å². The van der Waals surface area contributed by atoms with Crippen molar-refractivity contribution in [3.05, 3.63) is 72.2 Å². The summed E-state index contributed by atoms with van der Waals surface area (Å²) in [7, 11) is 3.16. The van der Waals surface area contributed by atoms with Gasteiger partial charge in [0.15, 0.2) is 0 Å². The molecule has 0 aliphatic carbocycles. The van der Waals surface area contributed by atoms with Crippen molar-refractivity contribution in [2.75, 3.05) is 24.9 Å². The molecule has 0 saturated heterocycles. The predicted octanol–water partition coefficient (Wildman–Crippen LogP) is 4.16. The summed E-state index contributed by atoms with van der Waals surface area (Å²) in [5.74, 6) is 1.16. The molecule has 2 N–H and O–H groups in total. The Morgan fingerprint density at radius 2 is 1.89 bits per heavy atom. The van der Waals surface area contributed by atoms with E-state index < -0.39 is 5.82 Å². The second-order valence-electron chi connectivity index (χ2n) is 5.94. The topological polar surface area (TPSA) is 72.5 Å². The van der Waals surface area contributed by atoms with E-state index in [-0.39, 0.29) is 12.3 Å². The molecule has 3 aromatic rings. The number of nitrogens with zero attached hydrogens (tertiary/aromatic N) is 1. The van der Waals surface area contributed by atoms with Gasteiger partial charge in [0.25, 0.3) is 0 Å². The molecule has 0 spiro atoms. The number of rotatable bonds is 7. The molecule has 1 aromatic heterocycles. The van der Waals surface area contributed by atoms with Crippen molar-refractivity contribution in [1.82, 2.24) is 4.98 Å². The molecular formula is C21H20FN3O3. The van der Waals surface area contributed by atoms with Crippen LogP contribution in [-0.4, -0.2) is 25.1 Å². The molecule has 6 nitrogen and oxygen atoms in total. The lowest BCUT2D eigenvalue weighted by Gasteiger charge is -2.12. The second-order valence-corrected chi connectivity index (χ2v) is 5.94. The van der Waals surface area contributed by atoms with Gasteiger partial charge in [0.1, 0.15) is 23.1 Å². The smallest absolute Gasteiger partial charge is 0.228 e. The quantitative estimate of drug-likeness (QED) is 0.643. The number of pyridine rings is 1. The molecule has 0 aliphatic rings. The van der Waals surface area contributed by atoms with Crippen LogP contribution in [0.5, 0.6) is 11.5 Å². The number of methoxy groups -OCH3 is 2. The molecule has 0 aliphatic heterocycles. The van der Waals surface area contributed by atoms with Crippen LogP contribution < -0.4 is 20.1 Å². The first kappa shape index (κ1) is 19.2. The molecule has 7 heteroatoms. The van der Waals surface area contributed by atoms with E-state index in [1.54, 1.807) is 50.6 Å². The fourth-order valence-electron chi connectivity index (χ4n) is 2.60. The van der Waals surface area contributed by atoms with Gasteiger partial charge in [-0.3, -0.25) is 4.79 Å². The highest BCUT2D eigenvalue weighted by Gasteiger charge is 2.09. The molecule has 0 atom stereocenters. The average Bonchev–Trinajstić information content (AvgIpc) is 2.71. The minimum absolute atomic E-state index is 0.0459. The number of halogens is 1. The third-order valence-corrected chi connectivity index (χ3v) is 4.03. The normalized spacial score (nSPS) is 10.2. The molecule has 1 amide bonds. The Kier molecular flexibility index (Phi) is 6.06. The Morgan fingerprint density at radius 1 is 1.07 bits per heavy atom. The Morgan fingerprint density at radius 3 is 2.57 bits per heavy atom. The van der Waals surface area contributed by atoms with Gasteiger partial charge in [-0.2, -0.15) is 0 Å². The summed E-state index contributed by atoms with van der Waals surface area (Å²) in [5, 5.41) is 5.86. The Labute approximate surface area is 162 Å². The first-order valence-corrected chi connectivity index (χ1v) is 8.57. The maximum absolute atomic E-state index is 13.6. The largest absolute Gasteiger partial charge is 0.497 e. The van der Waals surface area contributed by atoms with Crippen LogP contribution in [-0.2, 0) is 11.2 Å². The van der Waals surface area contributed by atoms with Crippen LogP contribution in [0.2, 0.25) is 0 Å². The molecule has 0 fully saturated rings. The number of carbonyl (C=O) groups excluding carboxylic acids is 1. The van der Waals surface area contributed by atoms with E-state index in [9.17, 15) is 9.18 Å². The van der Waals surface area contributed by atoms with Crippen molar-refractivity contribution in [3.63, 3.8) is 0 Å². The third kappa shape index (κ3) is 4.76. The number of nitrogens with one attached hydrogen (secondary N) is 2. The van der Waals surface area contributed by atoms with E-state index in [1.165, 1.54) is 12.3 Å². The number of ether oxygens (including phenoxy) is 2. The number of aromatic nitrogens is 1. The molecule has 0 saturated carbocycles. The summed E-state index contributed by atoms with van der Waals surface area (Å²) in [6.07, 6.45) is 1.48. The highest BCUT2D eigenvalue weighted by molar-refractivity contribution is 5.92. The number of benzene rings is 2. The van der Waals surface area contributed by atoms with Crippen LogP contribution in [0.4, 0.5) is 21.6 Å². The van der Waals surface area contributed by atoms with Gasteiger partial charge in [0.05, 0.1) is 38.2 Å². The van der Waals surface area contributed by atoms with Crippen molar-refractivity contribution in [2.45, 2.75) is 6.42 Å². The highest BCUT2D eigenvalue weighted by atomic mass is 19.1. The molecule has 0 bridgehead atoms. The lowest BCUT2D eigenvalue weighted by molar-refractivity contribution is -0.115. The van der Waals surface area contributed by atoms with Crippen molar-refractivity contribution in [2.24, 2.45) is 0 Å². The predicted molar refractivity (Wildman–Crippen MR) is 106 cm³/mol. The molecule has 0 unspecified atom stereocenters. The average molecular weight is 381 g/mol. The van der Waals surface area contributed by atoms with E-state index in [0.717, 1.165) is 5.69 Å². The second kappa shape index (κ2) is 8.85. The zero-order chi connectivity index (χ0) is 19.9. The number of hydrogen-bond donors (Lipinski definition) is 2. The lowest BCUT2D eigenvalue weighted by Crippen LogP contribution is -2.15. The fraction of sp³-hybridized carbons (Fsp3) is 0.143. The standard InChI is InChI=1S/C21H20FN3O3/c1-27-16-8-9-18(19(12-16)28-2)25-20-10-7-15(13-23-20)24-21(26)11-14-5-3-4-6-17(14)22/h3-10,12-13H,11H2,1-2H3,(H,23,25)(H,24,26). The van der Waals surface area contributed by atoms with Crippen molar-refractivity contribution in [1.29, 1.82) is 0 Å². The maximum atomic E-state index is 13.6. The van der Waals surface area contributed by atoms with E-state index in [0.29, 0.717) is 28.6 Å². The van der Waals surface area contributed by atoms with Crippen molar-refractivity contribution < 1.29 is 18.7 Å². The number of hydrogen-bond acceptors (Lipinski definition) is 5. The summed E-state index contributed by atoms with van der Waals surface area (Å²) >= 11 is 0. The summed E-state index contributed by atoms with van der Waals surface area (Å²) in [5.41, 5.74) is 1.60. The zero-order valence-corrected chi connectivity index (χ0v) is 15.5. The summed E-state index contributed by atoms with van der Waals surface area (Å²) in [6, 6.07) is 15.0. The summed E-state index contributed by atoms with van der Waals surface area (Å²) in [6.45, 7) is 0. The molecule has 1 heterocycles. The lowest BCUT2D eigenvalue weighted by atomic mass is 10.1. The minimum Gasteiger partial charge on any atom is -0.497 e. The molecule has 2 aromatic carbocycles. The van der Waals surface area contributed by atoms with Gasteiger partial charge < -0.3 is 20.1 Å². The van der Waals surface area contributed by atoms with Crippen LogP contribution in [0, 0.1) is 5.82 Å². The molecular weight excluding hydrogens is 361 g/mol. The van der Waals surface area contributed by atoms with Gasteiger partial charge in [-0.25, -0.2) is 9.37 Å². The number of carbonyl (C=O) groups is 1. The SMILES string of the molecule is COc1ccc(Nc2ccc(NC(=O)Cc3ccccc3F)cn2)c(OC)c1. The maximum Gasteiger partial charge on any atom is 0.228 e. The molecule has 144 valence electrons. The molecule has 28 heavy (non-hydrogen) atoms. The molecule has 0 radical (unpaired) electrons. The highest BCUT2D eigenvalue weighted by Crippen LogP contribution is 2.31. The van der Waals surface area contributed by atoms with Gasteiger partial charge >= 0.3 is 0 Å². The van der Waals surface area contributed by atoms with E-state index in [4.69, 9.17) is 9.47 Å². The number of anilines is 3. The van der Waals surface area contributed by atoms with E-state index >= 15 is 0 Å². The van der Waals surface area contributed by atoms with Crippen LogP contribution in [0.1, 0.15) is 5.56 Å². The summed E-state index contributed by atoms with van der Waals surface area (Å²) < 4.78 is 24.2.